The molecule has 1 fully saturated rings. The number of hydrogen-bond donors (Lipinski definition) is 1. The maximum atomic E-state index is 10.8. The van der Waals surface area contributed by atoms with Crippen LogP contribution >= 0.6 is 22.6 Å². The smallest absolute Gasteiger partial charge is 0.282 e. The lowest BCUT2D eigenvalue weighted by atomic mass is 10.1. The topological polar surface area (TPSA) is 55.2 Å². The minimum atomic E-state index is -0.352. The van der Waals surface area contributed by atoms with Gasteiger partial charge in [-0.3, -0.25) is 10.1 Å². The molecule has 2 aromatic rings. The molecule has 1 saturated carbocycles. The molecule has 0 bridgehead atoms. The van der Waals surface area contributed by atoms with E-state index in [4.69, 9.17) is 0 Å². The van der Waals surface area contributed by atoms with Gasteiger partial charge >= 0.3 is 0 Å². The van der Waals surface area contributed by atoms with Crippen molar-refractivity contribution in [1.29, 1.82) is 0 Å². The summed E-state index contributed by atoms with van der Waals surface area (Å²) in [7, 11) is 0. The molecule has 20 heavy (non-hydrogen) atoms. The number of hydrogen-bond acceptors (Lipinski definition) is 3. The molecular weight excluding hydrogens is 367 g/mol. The van der Waals surface area contributed by atoms with Crippen LogP contribution in [-0.4, -0.2) is 11.0 Å². The predicted molar refractivity (Wildman–Crippen MR) is 87.0 cm³/mol. The minimum Gasteiger partial charge on any atom is -0.382 e. The van der Waals surface area contributed by atoms with Crippen LogP contribution in [0.25, 0.3) is 0 Å². The summed E-state index contributed by atoms with van der Waals surface area (Å²) in [4.78, 5) is 10.4. The molecule has 1 aliphatic rings. The molecule has 3 rings (SSSR count). The first-order valence-corrected chi connectivity index (χ1v) is 7.48. The number of benzene rings is 2. The maximum absolute atomic E-state index is 10.8. The summed E-state index contributed by atoms with van der Waals surface area (Å²) in [5.41, 5.74) is 2.46. The van der Waals surface area contributed by atoms with E-state index in [2.05, 4.69) is 29.6 Å². The molecular formula is C15H13IN2O2. The zero-order chi connectivity index (χ0) is 14.1. The monoisotopic (exact) mass is 380 g/mol. The third-order valence-electron chi connectivity index (χ3n) is 3.51. The highest BCUT2D eigenvalue weighted by atomic mass is 127. The molecule has 0 aromatic heterocycles. The SMILES string of the molecule is O=[N+]([O-])c1ccc(NC2CC2c2ccccc2)cc1I. The Morgan fingerprint density at radius 2 is 1.95 bits per heavy atom. The quantitative estimate of drug-likeness (QED) is 0.492. The van der Waals surface area contributed by atoms with Gasteiger partial charge in [-0.1, -0.05) is 30.3 Å². The fourth-order valence-corrected chi connectivity index (χ4v) is 3.09. The highest BCUT2D eigenvalue weighted by molar-refractivity contribution is 14.1. The van der Waals surface area contributed by atoms with E-state index in [1.807, 2.05) is 34.7 Å². The van der Waals surface area contributed by atoms with Crippen molar-refractivity contribution in [3.8, 4) is 0 Å². The van der Waals surface area contributed by atoms with Crippen molar-refractivity contribution in [3.63, 3.8) is 0 Å². The van der Waals surface area contributed by atoms with Crippen LogP contribution in [-0.2, 0) is 0 Å². The summed E-state index contributed by atoms with van der Waals surface area (Å²) in [5.74, 6) is 0.545. The molecule has 2 unspecified atom stereocenters. The van der Waals surface area contributed by atoms with Crippen LogP contribution in [0.3, 0.4) is 0 Å². The Balaban J connectivity index is 1.68. The van der Waals surface area contributed by atoms with Crippen molar-refractivity contribution in [2.75, 3.05) is 5.32 Å². The zero-order valence-electron chi connectivity index (χ0n) is 10.6. The molecule has 0 radical (unpaired) electrons. The van der Waals surface area contributed by atoms with E-state index in [0.29, 0.717) is 15.5 Å². The average Bonchev–Trinajstić information content (AvgIpc) is 3.18. The van der Waals surface area contributed by atoms with Gasteiger partial charge in [0, 0.05) is 23.7 Å². The van der Waals surface area contributed by atoms with Gasteiger partial charge in [0.1, 0.15) is 0 Å². The lowest BCUT2D eigenvalue weighted by Gasteiger charge is -2.07. The van der Waals surface area contributed by atoms with E-state index in [1.54, 1.807) is 12.1 Å². The van der Waals surface area contributed by atoms with Gasteiger partial charge < -0.3 is 5.32 Å². The van der Waals surface area contributed by atoms with Gasteiger partial charge in [0.05, 0.1) is 8.49 Å². The molecule has 1 aliphatic carbocycles. The molecule has 2 atom stereocenters. The van der Waals surface area contributed by atoms with E-state index >= 15 is 0 Å². The van der Waals surface area contributed by atoms with E-state index in [0.717, 1.165) is 12.1 Å². The second kappa shape index (κ2) is 5.40. The zero-order valence-corrected chi connectivity index (χ0v) is 12.8. The standard InChI is InChI=1S/C15H13IN2O2/c16-13-8-11(6-7-15(13)18(19)20)17-14-9-12(14)10-4-2-1-3-5-10/h1-8,12,14,17H,9H2. The Bertz CT molecular complexity index is 646. The van der Waals surface area contributed by atoms with E-state index in [1.165, 1.54) is 5.56 Å². The van der Waals surface area contributed by atoms with Gasteiger partial charge in [-0.25, -0.2) is 0 Å². The van der Waals surface area contributed by atoms with Gasteiger partial charge in [-0.2, -0.15) is 0 Å². The van der Waals surface area contributed by atoms with Crippen LogP contribution in [0.2, 0.25) is 0 Å². The summed E-state index contributed by atoms with van der Waals surface area (Å²) in [5, 5.41) is 14.2. The normalized spacial score (nSPS) is 20.4. The summed E-state index contributed by atoms with van der Waals surface area (Å²) in [6.07, 6.45) is 1.11. The Morgan fingerprint density at radius 1 is 1.20 bits per heavy atom. The average molecular weight is 380 g/mol. The molecule has 0 amide bonds. The Hall–Kier alpha value is -1.63. The second-order valence-corrected chi connectivity index (χ2v) is 6.09. The number of nitro groups is 1. The fourth-order valence-electron chi connectivity index (χ4n) is 2.38. The van der Waals surface area contributed by atoms with E-state index < -0.39 is 0 Å². The first-order valence-electron chi connectivity index (χ1n) is 6.40. The number of nitrogens with zero attached hydrogens (tertiary/aromatic N) is 1. The largest absolute Gasteiger partial charge is 0.382 e. The lowest BCUT2D eigenvalue weighted by Crippen LogP contribution is -2.04. The molecule has 5 heteroatoms. The molecule has 0 aliphatic heterocycles. The number of halogens is 1. The lowest BCUT2D eigenvalue weighted by molar-refractivity contribution is -0.385. The van der Waals surface area contributed by atoms with Crippen LogP contribution in [0.5, 0.6) is 0 Å². The summed E-state index contributed by atoms with van der Waals surface area (Å²) >= 11 is 2.00. The van der Waals surface area contributed by atoms with E-state index in [9.17, 15) is 10.1 Å². The number of anilines is 1. The molecule has 4 nitrogen and oxygen atoms in total. The molecule has 2 aromatic carbocycles. The number of nitro benzene ring substituents is 1. The Morgan fingerprint density at radius 3 is 2.60 bits per heavy atom. The molecule has 0 spiro atoms. The van der Waals surface area contributed by atoms with Crippen molar-refractivity contribution in [1.82, 2.24) is 0 Å². The molecule has 1 N–H and O–H groups in total. The minimum absolute atomic E-state index is 0.159. The first-order chi connectivity index (χ1) is 9.65. The first kappa shape index (κ1) is 13.4. The van der Waals surface area contributed by atoms with Gasteiger partial charge in [-0.15, -0.1) is 0 Å². The van der Waals surface area contributed by atoms with Gasteiger partial charge in [-0.05, 0) is 46.7 Å². The second-order valence-electron chi connectivity index (χ2n) is 4.93. The molecule has 102 valence electrons. The van der Waals surface area contributed by atoms with Gasteiger partial charge in [0.15, 0.2) is 0 Å². The van der Waals surface area contributed by atoms with Gasteiger partial charge in [0.2, 0.25) is 0 Å². The van der Waals surface area contributed by atoms with Crippen molar-refractivity contribution >= 4 is 34.0 Å². The van der Waals surface area contributed by atoms with E-state index in [-0.39, 0.29) is 10.6 Å². The maximum Gasteiger partial charge on any atom is 0.282 e. The van der Waals surface area contributed by atoms with Crippen molar-refractivity contribution in [2.24, 2.45) is 0 Å². The Kier molecular flexibility index (Phi) is 3.60. The van der Waals surface area contributed by atoms with Crippen LogP contribution < -0.4 is 5.32 Å². The highest BCUT2D eigenvalue weighted by Gasteiger charge is 2.38. The van der Waals surface area contributed by atoms with Crippen LogP contribution in [0.4, 0.5) is 11.4 Å². The van der Waals surface area contributed by atoms with Crippen LogP contribution in [0.15, 0.2) is 48.5 Å². The van der Waals surface area contributed by atoms with Crippen LogP contribution in [0.1, 0.15) is 17.9 Å². The van der Waals surface area contributed by atoms with Crippen molar-refractivity contribution in [2.45, 2.75) is 18.4 Å². The Labute approximate surface area is 130 Å². The molecule has 0 saturated heterocycles. The molecule has 0 heterocycles. The van der Waals surface area contributed by atoms with Crippen molar-refractivity contribution in [3.05, 3.63) is 67.8 Å². The summed E-state index contributed by atoms with van der Waals surface area (Å²) < 4.78 is 0.662. The number of nitrogens with one attached hydrogen (secondary N) is 1. The third kappa shape index (κ3) is 2.77. The number of rotatable bonds is 4. The summed E-state index contributed by atoms with van der Waals surface area (Å²) in [6, 6.07) is 16.0. The highest BCUT2D eigenvalue weighted by Crippen LogP contribution is 2.43. The third-order valence-corrected chi connectivity index (χ3v) is 4.38. The van der Waals surface area contributed by atoms with Crippen LogP contribution in [0, 0.1) is 13.7 Å². The fraction of sp³-hybridized carbons (Fsp3) is 0.200. The van der Waals surface area contributed by atoms with Gasteiger partial charge in [0.25, 0.3) is 5.69 Å². The predicted octanol–water partition coefficient (Wildman–Crippen LogP) is 4.17. The summed E-state index contributed by atoms with van der Waals surface area (Å²) in [6.45, 7) is 0. The van der Waals surface area contributed by atoms with Crippen molar-refractivity contribution < 1.29 is 4.92 Å².